The largest absolute Gasteiger partial charge is 0.485 e. The number of hydrogen-bond donors (Lipinski definition) is 1. The Morgan fingerprint density at radius 1 is 1.38 bits per heavy atom. The topological polar surface area (TPSA) is 79.2 Å². The molecule has 1 aliphatic rings. The number of hydrogen-bond acceptors (Lipinski definition) is 4. The average molecular weight is 349 g/mol. The number of carbonyl (C=O) groups excluding carboxylic acids is 2. The van der Waals surface area contributed by atoms with Crippen molar-refractivity contribution < 1.29 is 14.3 Å². The zero-order valence-electron chi connectivity index (χ0n) is 13.7. The summed E-state index contributed by atoms with van der Waals surface area (Å²) in [6.07, 6.45) is 5.72. The molecule has 0 heterocycles. The van der Waals surface area contributed by atoms with E-state index in [-0.39, 0.29) is 6.61 Å². The summed E-state index contributed by atoms with van der Waals surface area (Å²) in [4.78, 5) is 23.6. The van der Waals surface area contributed by atoms with E-state index in [2.05, 4.69) is 5.32 Å². The van der Waals surface area contributed by atoms with Crippen LogP contribution in [0.15, 0.2) is 18.2 Å². The third-order valence-corrected chi connectivity index (χ3v) is 4.58. The molecule has 0 spiro atoms. The Bertz CT molecular complexity index is 648. The monoisotopic (exact) mass is 348 g/mol. The maximum atomic E-state index is 12.1. The minimum absolute atomic E-state index is 0.313. The van der Waals surface area contributed by atoms with Crippen molar-refractivity contribution >= 4 is 23.3 Å². The molecule has 1 aromatic carbocycles. The molecule has 1 fully saturated rings. The van der Waals surface area contributed by atoms with Gasteiger partial charge in [-0.1, -0.05) is 30.9 Å². The van der Waals surface area contributed by atoms with E-state index in [0.29, 0.717) is 16.7 Å². The Morgan fingerprint density at radius 2 is 2.08 bits per heavy atom. The second kappa shape index (κ2) is 8.70. The highest BCUT2D eigenvalue weighted by molar-refractivity contribution is 6.30. The highest BCUT2D eigenvalue weighted by atomic mass is 35.5. The van der Waals surface area contributed by atoms with Crippen molar-refractivity contribution in [2.75, 3.05) is 13.7 Å². The fourth-order valence-corrected chi connectivity index (χ4v) is 3.22. The zero-order valence-corrected chi connectivity index (χ0v) is 14.4. The van der Waals surface area contributed by atoms with Crippen LogP contribution in [0.3, 0.4) is 0 Å². The molecule has 1 amide bonds. The van der Waals surface area contributed by atoms with Crippen molar-refractivity contribution in [3.05, 3.63) is 28.8 Å². The number of nitrogens with one attached hydrogen (secondary N) is 1. The number of ether oxygens (including phenoxy) is 1. The predicted molar refractivity (Wildman–Crippen MR) is 90.9 cm³/mol. The molecule has 1 atom stereocenters. The van der Waals surface area contributed by atoms with Crippen molar-refractivity contribution in [1.82, 2.24) is 5.32 Å². The lowest BCUT2D eigenvalue weighted by Gasteiger charge is -2.24. The normalized spacial score (nSPS) is 16.0. The molecule has 1 aliphatic carbocycles. The van der Waals surface area contributed by atoms with E-state index in [0.717, 1.165) is 18.4 Å². The van der Waals surface area contributed by atoms with Gasteiger partial charge in [-0.05, 0) is 42.5 Å². The summed E-state index contributed by atoms with van der Waals surface area (Å²) in [5.74, 6) is -1.54. The molecule has 0 aromatic heterocycles. The maximum Gasteiger partial charge on any atom is 0.244 e. The third kappa shape index (κ3) is 4.48. The first-order valence-electron chi connectivity index (χ1n) is 8.13. The summed E-state index contributed by atoms with van der Waals surface area (Å²) in [7, 11) is 1.39. The van der Waals surface area contributed by atoms with Crippen LogP contribution in [0, 0.1) is 17.2 Å². The molecule has 6 heteroatoms. The van der Waals surface area contributed by atoms with Crippen LogP contribution in [0.25, 0.3) is 0 Å². The standard InChI is InChI=1S/C18H21ClN2O3/c1-21-18(23)15(10-20)16(22)11-24-17-8-7-13(19)9-14(17)12-5-3-2-4-6-12/h7-9,12,15H,2-6,11H2,1H3,(H,21,23). The van der Waals surface area contributed by atoms with Gasteiger partial charge in [0.2, 0.25) is 5.91 Å². The number of Topliss-reactive ketones (excluding diaryl/α,β-unsaturated/α-hetero) is 1. The number of rotatable bonds is 6. The van der Waals surface area contributed by atoms with Crippen LogP contribution < -0.4 is 10.1 Å². The van der Waals surface area contributed by atoms with Gasteiger partial charge in [-0.25, -0.2) is 0 Å². The van der Waals surface area contributed by atoms with Gasteiger partial charge in [0.05, 0.1) is 6.07 Å². The minimum Gasteiger partial charge on any atom is -0.485 e. The predicted octanol–water partition coefficient (Wildman–Crippen LogP) is 3.22. The fourth-order valence-electron chi connectivity index (χ4n) is 3.04. The molecule has 0 bridgehead atoms. The van der Waals surface area contributed by atoms with Crippen LogP contribution in [0.4, 0.5) is 0 Å². The molecule has 128 valence electrons. The van der Waals surface area contributed by atoms with Gasteiger partial charge < -0.3 is 10.1 Å². The molecule has 5 nitrogen and oxygen atoms in total. The van der Waals surface area contributed by atoms with Gasteiger partial charge in [0.15, 0.2) is 11.7 Å². The van der Waals surface area contributed by atoms with E-state index in [9.17, 15) is 9.59 Å². The van der Waals surface area contributed by atoms with Gasteiger partial charge in [0.1, 0.15) is 12.4 Å². The number of halogens is 1. The highest BCUT2D eigenvalue weighted by Crippen LogP contribution is 2.38. The molecule has 0 saturated heterocycles. The van der Waals surface area contributed by atoms with Crippen LogP contribution in [-0.2, 0) is 9.59 Å². The summed E-state index contributed by atoms with van der Waals surface area (Å²) in [6.45, 7) is -0.313. The Balaban J connectivity index is 2.10. The van der Waals surface area contributed by atoms with E-state index in [4.69, 9.17) is 21.6 Å². The third-order valence-electron chi connectivity index (χ3n) is 4.35. The molecular formula is C18H21ClN2O3. The minimum atomic E-state index is -1.35. The van der Waals surface area contributed by atoms with E-state index < -0.39 is 17.6 Å². The Labute approximate surface area is 146 Å². The van der Waals surface area contributed by atoms with Crippen molar-refractivity contribution in [3.8, 4) is 11.8 Å². The second-order valence-corrected chi connectivity index (χ2v) is 6.38. The van der Waals surface area contributed by atoms with Crippen molar-refractivity contribution in [3.63, 3.8) is 0 Å². The second-order valence-electron chi connectivity index (χ2n) is 5.95. The number of benzene rings is 1. The van der Waals surface area contributed by atoms with Crippen LogP contribution in [0.1, 0.15) is 43.6 Å². The molecule has 0 radical (unpaired) electrons. The van der Waals surface area contributed by atoms with Crippen LogP contribution in [0.2, 0.25) is 5.02 Å². The van der Waals surface area contributed by atoms with E-state index in [1.165, 1.54) is 26.3 Å². The summed E-state index contributed by atoms with van der Waals surface area (Å²) < 4.78 is 5.65. The number of nitrogens with zero attached hydrogens (tertiary/aromatic N) is 1. The van der Waals surface area contributed by atoms with Crippen molar-refractivity contribution in [1.29, 1.82) is 5.26 Å². The summed E-state index contributed by atoms with van der Waals surface area (Å²) in [6, 6.07) is 7.07. The van der Waals surface area contributed by atoms with Crippen LogP contribution in [-0.4, -0.2) is 25.3 Å². The number of nitriles is 1. The van der Waals surface area contributed by atoms with E-state index in [1.54, 1.807) is 18.2 Å². The Kier molecular flexibility index (Phi) is 6.62. The smallest absolute Gasteiger partial charge is 0.244 e. The van der Waals surface area contributed by atoms with E-state index >= 15 is 0 Å². The van der Waals surface area contributed by atoms with Gasteiger partial charge in [0.25, 0.3) is 0 Å². The first kappa shape index (κ1) is 18.3. The summed E-state index contributed by atoms with van der Waals surface area (Å²) in [5, 5.41) is 11.9. The van der Waals surface area contributed by atoms with Gasteiger partial charge in [0, 0.05) is 12.1 Å². The number of amides is 1. The molecule has 1 N–H and O–H groups in total. The van der Waals surface area contributed by atoms with E-state index in [1.807, 2.05) is 6.07 Å². The Morgan fingerprint density at radius 3 is 2.71 bits per heavy atom. The highest BCUT2D eigenvalue weighted by Gasteiger charge is 2.26. The van der Waals surface area contributed by atoms with Gasteiger partial charge >= 0.3 is 0 Å². The van der Waals surface area contributed by atoms with Crippen LogP contribution >= 0.6 is 11.6 Å². The first-order chi connectivity index (χ1) is 11.6. The van der Waals surface area contributed by atoms with Gasteiger partial charge in [-0.3, -0.25) is 9.59 Å². The lowest BCUT2D eigenvalue weighted by molar-refractivity contribution is -0.132. The molecule has 2 rings (SSSR count). The lowest BCUT2D eigenvalue weighted by atomic mass is 9.84. The first-order valence-corrected chi connectivity index (χ1v) is 8.50. The molecule has 24 heavy (non-hydrogen) atoms. The lowest BCUT2D eigenvalue weighted by Crippen LogP contribution is -2.34. The van der Waals surface area contributed by atoms with Crippen LogP contribution in [0.5, 0.6) is 5.75 Å². The maximum absolute atomic E-state index is 12.1. The Hall–Kier alpha value is -2.06. The fraction of sp³-hybridized carbons (Fsp3) is 0.500. The summed E-state index contributed by atoms with van der Waals surface area (Å²) >= 11 is 6.11. The van der Waals surface area contributed by atoms with Crippen molar-refractivity contribution in [2.45, 2.75) is 38.0 Å². The molecule has 1 aromatic rings. The quantitative estimate of drug-likeness (QED) is 0.800. The molecule has 0 aliphatic heterocycles. The molecule has 1 unspecified atom stereocenters. The van der Waals surface area contributed by atoms with Gasteiger partial charge in [-0.2, -0.15) is 5.26 Å². The number of carbonyl (C=O) groups is 2. The summed E-state index contributed by atoms with van der Waals surface area (Å²) in [5.41, 5.74) is 1.00. The average Bonchev–Trinajstić information content (AvgIpc) is 2.61. The van der Waals surface area contributed by atoms with Gasteiger partial charge in [-0.15, -0.1) is 0 Å². The molecular weight excluding hydrogens is 328 g/mol. The van der Waals surface area contributed by atoms with Crippen molar-refractivity contribution in [2.24, 2.45) is 5.92 Å². The molecule has 1 saturated carbocycles. The SMILES string of the molecule is CNC(=O)C(C#N)C(=O)COc1ccc(Cl)cc1C1CCCCC1. The zero-order chi connectivity index (χ0) is 17.5. The number of ketones is 1.